The monoisotopic (exact) mass is 351 g/mol. The summed E-state index contributed by atoms with van der Waals surface area (Å²) in [5.41, 5.74) is 0.699. The van der Waals surface area contributed by atoms with Gasteiger partial charge in [0.05, 0.1) is 24.7 Å². The van der Waals surface area contributed by atoms with Gasteiger partial charge in [-0.25, -0.2) is 8.78 Å². The molecule has 0 aromatic heterocycles. The van der Waals surface area contributed by atoms with Crippen molar-refractivity contribution in [3.8, 4) is 0 Å². The van der Waals surface area contributed by atoms with Crippen molar-refractivity contribution in [2.24, 2.45) is 5.41 Å². The molecule has 1 aromatic carbocycles. The Hall–Kier alpha value is -2.02. The third kappa shape index (κ3) is 3.98. The van der Waals surface area contributed by atoms with Crippen molar-refractivity contribution in [1.29, 1.82) is 0 Å². The number of alkyl halides is 2. The molecular formula is C18H23F2N3O2. The first kappa shape index (κ1) is 17.8. The molecule has 0 radical (unpaired) electrons. The molecular weight excluding hydrogens is 328 g/mol. The van der Waals surface area contributed by atoms with Gasteiger partial charge in [0, 0.05) is 5.56 Å². The van der Waals surface area contributed by atoms with Gasteiger partial charge in [-0.2, -0.15) is 0 Å². The summed E-state index contributed by atoms with van der Waals surface area (Å²) in [6, 6.07) is 5.26. The summed E-state index contributed by atoms with van der Waals surface area (Å²) in [6.07, 6.45) is -0.765. The number of rotatable bonds is 5. The summed E-state index contributed by atoms with van der Waals surface area (Å²) in [5, 5.41) is 8.79. The zero-order chi connectivity index (χ0) is 18.2. The fourth-order valence-electron chi connectivity index (χ4n) is 3.28. The predicted octanol–water partition coefficient (Wildman–Crippen LogP) is 2.41. The Morgan fingerprint density at radius 2 is 1.84 bits per heavy atom. The zero-order valence-electron chi connectivity index (χ0n) is 14.3. The third-order valence-electron chi connectivity index (χ3n) is 5.08. The number of hydrogen-bond acceptors (Lipinski definition) is 3. The molecule has 7 heteroatoms. The van der Waals surface area contributed by atoms with Crippen LogP contribution in [0.25, 0.3) is 0 Å². The van der Waals surface area contributed by atoms with Crippen molar-refractivity contribution in [1.82, 2.24) is 16.0 Å². The van der Waals surface area contributed by atoms with Crippen molar-refractivity contribution < 1.29 is 18.4 Å². The maximum atomic E-state index is 12.8. The standard InChI is InChI=1S/C18H23F2N3O2/c1-10-21-13(9-14(24)22-10)17(25)23-15(18(2)7-8-18)11-3-5-12(6-4-11)16(19)20/h3-6,10,13,15-16,21H,7-9H2,1-2H3,(H,22,24)(H,23,25)/t10?,13?,15-/m0/s1. The minimum atomic E-state index is -2.51. The van der Waals surface area contributed by atoms with Gasteiger partial charge in [-0.05, 0) is 30.7 Å². The highest BCUT2D eigenvalue weighted by Crippen LogP contribution is 2.54. The molecule has 3 atom stereocenters. The van der Waals surface area contributed by atoms with Crippen LogP contribution in [0.4, 0.5) is 8.78 Å². The lowest BCUT2D eigenvalue weighted by Crippen LogP contribution is -2.60. The Bertz CT molecular complexity index is 659. The van der Waals surface area contributed by atoms with Crippen LogP contribution in [0.5, 0.6) is 0 Å². The van der Waals surface area contributed by atoms with Crippen LogP contribution in [0.1, 0.15) is 56.7 Å². The summed E-state index contributed by atoms with van der Waals surface area (Å²) in [4.78, 5) is 24.3. The van der Waals surface area contributed by atoms with Crippen LogP contribution >= 0.6 is 0 Å². The van der Waals surface area contributed by atoms with Crippen LogP contribution < -0.4 is 16.0 Å². The van der Waals surface area contributed by atoms with E-state index in [-0.39, 0.29) is 41.4 Å². The maximum absolute atomic E-state index is 12.8. The lowest BCUT2D eigenvalue weighted by molar-refractivity contribution is -0.132. The van der Waals surface area contributed by atoms with E-state index in [9.17, 15) is 18.4 Å². The van der Waals surface area contributed by atoms with Gasteiger partial charge in [-0.1, -0.05) is 31.2 Å². The van der Waals surface area contributed by atoms with Crippen LogP contribution in [-0.2, 0) is 9.59 Å². The SMILES string of the molecule is CC1NC(=O)CC(C(=O)N[C@@H](c2ccc(C(F)F)cc2)C2(C)CC2)N1. The van der Waals surface area contributed by atoms with E-state index in [1.807, 2.05) is 0 Å². The normalized spacial score (nSPS) is 26.0. The number of carbonyl (C=O) groups is 2. The molecule has 2 amide bonds. The fraction of sp³-hybridized carbons (Fsp3) is 0.556. The number of halogens is 2. The molecule has 136 valence electrons. The van der Waals surface area contributed by atoms with Crippen LogP contribution in [-0.4, -0.2) is 24.0 Å². The largest absolute Gasteiger partial charge is 0.347 e. The Kier molecular flexibility index (Phi) is 4.77. The van der Waals surface area contributed by atoms with Crippen molar-refractivity contribution >= 4 is 11.8 Å². The van der Waals surface area contributed by atoms with Gasteiger partial charge >= 0.3 is 0 Å². The highest BCUT2D eigenvalue weighted by molar-refractivity contribution is 5.89. The molecule has 2 unspecified atom stereocenters. The summed E-state index contributed by atoms with van der Waals surface area (Å²) in [7, 11) is 0. The minimum Gasteiger partial charge on any atom is -0.347 e. The van der Waals surface area contributed by atoms with Gasteiger partial charge in [-0.3, -0.25) is 14.9 Å². The number of amides is 2. The molecule has 25 heavy (non-hydrogen) atoms. The average Bonchev–Trinajstić information content (AvgIpc) is 3.30. The van der Waals surface area contributed by atoms with Crippen LogP contribution in [0.3, 0.4) is 0 Å². The van der Waals surface area contributed by atoms with Crippen molar-refractivity contribution in [2.45, 2.75) is 57.8 Å². The van der Waals surface area contributed by atoms with E-state index in [0.29, 0.717) is 0 Å². The molecule has 2 aliphatic rings. The molecule has 2 fully saturated rings. The summed E-state index contributed by atoms with van der Waals surface area (Å²) in [6.45, 7) is 3.85. The molecule has 3 N–H and O–H groups in total. The lowest BCUT2D eigenvalue weighted by atomic mass is 9.90. The van der Waals surface area contributed by atoms with E-state index in [1.165, 1.54) is 12.1 Å². The van der Waals surface area contributed by atoms with Gasteiger partial charge in [0.1, 0.15) is 0 Å². The number of carbonyl (C=O) groups excluding carboxylic acids is 2. The first-order chi connectivity index (χ1) is 11.8. The van der Waals surface area contributed by atoms with E-state index < -0.39 is 12.5 Å². The summed E-state index contributed by atoms with van der Waals surface area (Å²) in [5.74, 6) is -0.403. The van der Waals surface area contributed by atoms with E-state index in [0.717, 1.165) is 18.4 Å². The van der Waals surface area contributed by atoms with Gasteiger partial charge in [-0.15, -0.1) is 0 Å². The van der Waals surface area contributed by atoms with Gasteiger partial charge in [0.25, 0.3) is 6.43 Å². The highest BCUT2D eigenvalue weighted by atomic mass is 19.3. The quantitative estimate of drug-likeness (QED) is 0.763. The second-order valence-corrected chi connectivity index (χ2v) is 7.28. The minimum absolute atomic E-state index is 0.0331. The first-order valence-corrected chi connectivity index (χ1v) is 8.52. The Morgan fingerprint density at radius 3 is 2.36 bits per heavy atom. The predicted molar refractivity (Wildman–Crippen MR) is 88.8 cm³/mol. The zero-order valence-corrected chi connectivity index (χ0v) is 14.3. The van der Waals surface area contributed by atoms with Gasteiger partial charge in [0.15, 0.2) is 0 Å². The molecule has 1 aliphatic carbocycles. The Morgan fingerprint density at radius 1 is 1.24 bits per heavy atom. The van der Waals surface area contributed by atoms with Crippen molar-refractivity contribution in [2.75, 3.05) is 0 Å². The first-order valence-electron chi connectivity index (χ1n) is 8.52. The van der Waals surface area contributed by atoms with E-state index in [1.54, 1.807) is 19.1 Å². The van der Waals surface area contributed by atoms with Crippen LogP contribution in [0.2, 0.25) is 0 Å². The lowest BCUT2D eigenvalue weighted by Gasteiger charge is -2.32. The molecule has 3 rings (SSSR count). The van der Waals surface area contributed by atoms with E-state index >= 15 is 0 Å². The second-order valence-electron chi connectivity index (χ2n) is 7.28. The fourth-order valence-corrected chi connectivity index (χ4v) is 3.28. The number of hydrogen-bond donors (Lipinski definition) is 3. The summed E-state index contributed by atoms with van der Waals surface area (Å²) >= 11 is 0. The average molecular weight is 351 g/mol. The molecule has 0 spiro atoms. The molecule has 1 saturated heterocycles. The van der Waals surface area contributed by atoms with Crippen LogP contribution in [0.15, 0.2) is 24.3 Å². The third-order valence-corrected chi connectivity index (χ3v) is 5.08. The van der Waals surface area contributed by atoms with E-state index in [4.69, 9.17) is 0 Å². The topological polar surface area (TPSA) is 70.2 Å². The summed E-state index contributed by atoms with van der Waals surface area (Å²) < 4.78 is 25.5. The van der Waals surface area contributed by atoms with Gasteiger partial charge < -0.3 is 10.6 Å². The van der Waals surface area contributed by atoms with E-state index in [2.05, 4.69) is 22.9 Å². The van der Waals surface area contributed by atoms with Crippen LogP contribution in [0, 0.1) is 5.41 Å². The van der Waals surface area contributed by atoms with Crippen molar-refractivity contribution in [3.05, 3.63) is 35.4 Å². The molecule has 5 nitrogen and oxygen atoms in total. The highest BCUT2D eigenvalue weighted by Gasteiger charge is 2.47. The second kappa shape index (κ2) is 6.71. The molecule has 1 aromatic rings. The van der Waals surface area contributed by atoms with Crippen molar-refractivity contribution in [3.63, 3.8) is 0 Å². The Labute approximate surface area is 145 Å². The molecule has 1 heterocycles. The smallest absolute Gasteiger partial charge is 0.263 e. The molecule has 1 aliphatic heterocycles. The number of nitrogens with one attached hydrogen (secondary N) is 3. The maximum Gasteiger partial charge on any atom is 0.263 e. The molecule has 0 bridgehead atoms. The molecule has 1 saturated carbocycles. The van der Waals surface area contributed by atoms with Gasteiger partial charge in [0.2, 0.25) is 11.8 Å². The number of benzene rings is 1. The Balaban J connectivity index is 1.75.